The van der Waals surface area contributed by atoms with Crippen molar-refractivity contribution >= 4 is 46.2 Å². The van der Waals surface area contributed by atoms with E-state index in [0.717, 1.165) is 28.8 Å². The lowest BCUT2D eigenvalue weighted by Gasteiger charge is -2.16. The highest BCUT2D eigenvalue weighted by Crippen LogP contribution is 2.40. The molecule has 0 spiro atoms. The minimum absolute atomic E-state index is 0.133. The molecule has 0 atom stereocenters. The Hall–Kier alpha value is -2.30. The maximum atomic E-state index is 12.9. The molecule has 0 saturated carbocycles. The number of aliphatic hydroxyl groups excluding tert-OH is 1. The molecule has 1 aliphatic rings. The zero-order chi connectivity index (χ0) is 19.6. The number of alkyl halides is 3. The van der Waals surface area contributed by atoms with Gasteiger partial charge in [-0.2, -0.15) is 0 Å². The van der Waals surface area contributed by atoms with E-state index in [9.17, 15) is 22.8 Å². The molecule has 1 aromatic heterocycles. The van der Waals surface area contributed by atoms with Gasteiger partial charge in [0.25, 0.3) is 11.8 Å². The Labute approximate surface area is 160 Å². The fourth-order valence-electron chi connectivity index (χ4n) is 2.46. The number of aliphatic hydroxyl groups is 1. The molecule has 0 bridgehead atoms. The number of nitrogens with zero attached hydrogens (tertiary/aromatic N) is 1. The Morgan fingerprint density at radius 2 is 1.81 bits per heavy atom. The van der Waals surface area contributed by atoms with Gasteiger partial charge < -0.3 is 9.84 Å². The maximum absolute atomic E-state index is 12.9. The second kappa shape index (κ2) is 7.75. The number of halogens is 3. The Morgan fingerprint density at radius 3 is 2.37 bits per heavy atom. The first-order valence-corrected chi connectivity index (χ1v) is 9.45. The van der Waals surface area contributed by atoms with Crippen molar-refractivity contribution in [3.63, 3.8) is 0 Å². The van der Waals surface area contributed by atoms with Crippen molar-refractivity contribution in [2.45, 2.75) is 6.36 Å². The van der Waals surface area contributed by atoms with Crippen LogP contribution < -0.4 is 9.64 Å². The van der Waals surface area contributed by atoms with Crippen LogP contribution in [0.25, 0.3) is 5.57 Å². The second-order valence-electron chi connectivity index (χ2n) is 5.24. The summed E-state index contributed by atoms with van der Waals surface area (Å²) in [5.41, 5.74) is 0.359. The molecule has 1 aliphatic heterocycles. The molecular formula is C17H12F3NO4S2. The predicted molar refractivity (Wildman–Crippen MR) is 96.4 cm³/mol. The summed E-state index contributed by atoms with van der Waals surface area (Å²) >= 11 is 2.35. The van der Waals surface area contributed by atoms with Gasteiger partial charge in [-0.15, -0.1) is 36.3 Å². The molecule has 3 rings (SSSR count). The van der Waals surface area contributed by atoms with Gasteiger partial charge in [-0.1, -0.05) is 6.07 Å². The van der Waals surface area contributed by atoms with Gasteiger partial charge in [-0.05, 0) is 35.7 Å². The van der Waals surface area contributed by atoms with Crippen LogP contribution in [-0.2, 0) is 9.59 Å². The van der Waals surface area contributed by atoms with E-state index >= 15 is 0 Å². The predicted octanol–water partition coefficient (Wildman–Crippen LogP) is 3.66. The van der Waals surface area contributed by atoms with Crippen LogP contribution in [0.1, 0.15) is 4.88 Å². The lowest BCUT2D eigenvalue weighted by molar-refractivity contribution is -0.274. The monoisotopic (exact) mass is 415 g/mol. The first-order valence-electron chi connectivity index (χ1n) is 7.58. The molecule has 0 radical (unpaired) electrons. The van der Waals surface area contributed by atoms with E-state index in [2.05, 4.69) is 4.74 Å². The van der Waals surface area contributed by atoms with Gasteiger partial charge in [-0.25, -0.2) is 4.90 Å². The lowest BCUT2D eigenvalue weighted by Crippen LogP contribution is -2.31. The van der Waals surface area contributed by atoms with Crippen molar-refractivity contribution in [1.82, 2.24) is 0 Å². The number of hydrogen-bond acceptors (Lipinski definition) is 6. The Balaban J connectivity index is 1.92. The number of thioether (sulfide) groups is 1. The van der Waals surface area contributed by atoms with E-state index in [1.165, 1.54) is 23.5 Å². The first-order chi connectivity index (χ1) is 12.8. The molecule has 5 nitrogen and oxygen atoms in total. The molecule has 0 fully saturated rings. The van der Waals surface area contributed by atoms with Crippen LogP contribution in [0, 0.1) is 0 Å². The van der Waals surface area contributed by atoms with E-state index in [0.29, 0.717) is 4.88 Å². The standard InChI is InChI=1S/C17H12F3NO4S2/c18-17(19,20)25-11-5-3-10(4-6-11)21-15(23)13(12-2-1-8-26-12)14(16(21)24)27-9-7-22/h1-6,8,22H,7,9H2. The smallest absolute Gasteiger partial charge is 0.406 e. The number of amides is 2. The third kappa shape index (κ3) is 4.18. The van der Waals surface area contributed by atoms with Crippen LogP contribution in [0.3, 0.4) is 0 Å². The average molecular weight is 415 g/mol. The third-order valence-corrected chi connectivity index (χ3v) is 5.42. The second-order valence-corrected chi connectivity index (χ2v) is 7.29. The summed E-state index contributed by atoms with van der Waals surface area (Å²) in [6, 6.07) is 7.94. The topological polar surface area (TPSA) is 66.8 Å². The van der Waals surface area contributed by atoms with Crippen molar-refractivity contribution < 1.29 is 32.6 Å². The molecule has 1 N–H and O–H groups in total. The Bertz CT molecular complexity index is 877. The van der Waals surface area contributed by atoms with Crippen molar-refractivity contribution in [3.05, 3.63) is 51.6 Å². The molecular weight excluding hydrogens is 403 g/mol. The quantitative estimate of drug-likeness (QED) is 0.730. The van der Waals surface area contributed by atoms with E-state index in [1.807, 2.05) is 0 Å². The summed E-state index contributed by atoms with van der Waals surface area (Å²) in [6.07, 6.45) is -4.83. The first kappa shape index (κ1) is 19.5. The highest BCUT2D eigenvalue weighted by molar-refractivity contribution is 8.04. The average Bonchev–Trinajstić information content (AvgIpc) is 3.19. The molecule has 2 heterocycles. The normalized spacial score (nSPS) is 15.0. The van der Waals surface area contributed by atoms with Gasteiger partial charge in [-0.3, -0.25) is 9.59 Å². The minimum Gasteiger partial charge on any atom is -0.406 e. The molecule has 0 saturated heterocycles. The zero-order valence-corrected chi connectivity index (χ0v) is 15.2. The van der Waals surface area contributed by atoms with Gasteiger partial charge >= 0.3 is 6.36 Å². The van der Waals surface area contributed by atoms with Crippen LogP contribution in [-0.4, -0.2) is 35.6 Å². The molecule has 0 unspecified atom stereocenters. The highest BCUT2D eigenvalue weighted by atomic mass is 32.2. The number of ether oxygens (including phenoxy) is 1. The zero-order valence-electron chi connectivity index (χ0n) is 13.5. The molecule has 27 heavy (non-hydrogen) atoms. The lowest BCUT2D eigenvalue weighted by atomic mass is 10.2. The number of benzene rings is 1. The number of anilines is 1. The highest BCUT2D eigenvalue weighted by Gasteiger charge is 2.40. The van der Waals surface area contributed by atoms with Crippen LogP contribution in [0.5, 0.6) is 5.75 Å². The third-order valence-electron chi connectivity index (χ3n) is 3.48. The van der Waals surface area contributed by atoms with Gasteiger partial charge in [0, 0.05) is 10.6 Å². The Morgan fingerprint density at radius 1 is 1.11 bits per heavy atom. The number of hydrogen-bond donors (Lipinski definition) is 1. The summed E-state index contributed by atoms with van der Waals surface area (Å²) in [5.74, 6) is -1.36. The molecule has 10 heteroatoms. The number of thiophene rings is 1. The summed E-state index contributed by atoms with van der Waals surface area (Å²) in [4.78, 5) is 27.4. The van der Waals surface area contributed by atoms with Gasteiger partial charge in [0.15, 0.2) is 0 Å². The van der Waals surface area contributed by atoms with E-state index in [-0.39, 0.29) is 28.5 Å². The van der Waals surface area contributed by atoms with E-state index in [1.54, 1.807) is 17.5 Å². The minimum atomic E-state index is -4.83. The van der Waals surface area contributed by atoms with E-state index < -0.39 is 23.9 Å². The molecule has 2 amide bonds. The fourth-order valence-corrected chi connectivity index (χ4v) is 4.15. The number of carbonyl (C=O) groups excluding carboxylic acids is 2. The fraction of sp³-hybridized carbons (Fsp3) is 0.176. The van der Waals surface area contributed by atoms with Crippen LogP contribution >= 0.6 is 23.1 Å². The van der Waals surface area contributed by atoms with Crippen molar-refractivity contribution in [2.75, 3.05) is 17.3 Å². The van der Waals surface area contributed by atoms with Gasteiger partial charge in [0.05, 0.1) is 22.8 Å². The summed E-state index contributed by atoms with van der Waals surface area (Å²) < 4.78 is 40.6. The number of carbonyl (C=O) groups is 2. The van der Waals surface area contributed by atoms with Crippen molar-refractivity contribution in [1.29, 1.82) is 0 Å². The largest absolute Gasteiger partial charge is 0.573 e. The summed E-state index contributed by atoms with van der Waals surface area (Å²) in [6.45, 7) is -0.170. The van der Waals surface area contributed by atoms with Crippen LogP contribution in [0.15, 0.2) is 46.7 Å². The maximum Gasteiger partial charge on any atom is 0.573 e. The van der Waals surface area contributed by atoms with Crippen molar-refractivity contribution in [3.8, 4) is 5.75 Å². The number of rotatable bonds is 6. The van der Waals surface area contributed by atoms with Crippen molar-refractivity contribution in [2.24, 2.45) is 0 Å². The molecule has 1 aromatic carbocycles. The molecule has 0 aliphatic carbocycles. The summed E-state index contributed by atoms with van der Waals surface area (Å²) in [5, 5.41) is 10.8. The molecule has 2 aromatic rings. The van der Waals surface area contributed by atoms with Gasteiger partial charge in [0.2, 0.25) is 0 Å². The SMILES string of the molecule is O=C1C(SCCO)=C(c2cccs2)C(=O)N1c1ccc(OC(F)(F)F)cc1. The summed E-state index contributed by atoms with van der Waals surface area (Å²) in [7, 11) is 0. The Kier molecular flexibility index (Phi) is 5.59. The van der Waals surface area contributed by atoms with Crippen LogP contribution in [0.4, 0.5) is 18.9 Å². The van der Waals surface area contributed by atoms with E-state index in [4.69, 9.17) is 5.11 Å². The molecule has 142 valence electrons. The van der Waals surface area contributed by atoms with Crippen LogP contribution in [0.2, 0.25) is 0 Å². The van der Waals surface area contributed by atoms with Gasteiger partial charge in [0.1, 0.15) is 5.75 Å². The number of imide groups is 1.